The van der Waals surface area contributed by atoms with Gasteiger partial charge >= 0.3 is 0 Å². The minimum atomic E-state index is -2.18. The van der Waals surface area contributed by atoms with Gasteiger partial charge in [0.15, 0.2) is 23.3 Å². The van der Waals surface area contributed by atoms with E-state index in [0.717, 1.165) is 0 Å². The molecule has 0 aliphatic carbocycles. The molecule has 0 aliphatic heterocycles. The molecule has 0 amide bonds. The summed E-state index contributed by atoms with van der Waals surface area (Å²) in [7, 11) is 0. The predicted octanol–water partition coefficient (Wildman–Crippen LogP) is 4.77. The maximum absolute atomic E-state index is 13.6. The normalized spacial score (nSPS) is 12.6. The highest BCUT2D eigenvalue weighted by Crippen LogP contribution is 2.31. The molecule has 0 fully saturated rings. The fraction of sp³-hybridized carbons (Fsp3) is 0.286. The van der Waals surface area contributed by atoms with Crippen molar-refractivity contribution < 1.29 is 26.4 Å². The Morgan fingerprint density at radius 2 is 1.38 bits per heavy atom. The molecule has 0 spiro atoms. The monoisotopic (exact) mass is 305 g/mol. The van der Waals surface area contributed by atoms with Crippen LogP contribution >= 0.6 is 0 Å². The highest BCUT2D eigenvalue weighted by Gasteiger charge is 2.27. The number of anilines is 1. The number of rotatable bonds is 3. The van der Waals surface area contributed by atoms with Gasteiger partial charge in [-0.3, -0.25) is 0 Å². The van der Waals surface area contributed by atoms with Crippen LogP contribution in [0.1, 0.15) is 30.0 Å². The maximum Gasteiger partial charge on any atom is 0.200 e. The fourth-order valence-corrected chi connectivity index (χ4v) is 2.11. The molecule has 0 bridgehead atoms. The zero-order valence-corrected chi connectivity index (χ0v) is 11.5. The Morgan fingerprint density at radius 3 is 1.81 bits per heavy atom. The Morgan fingerprint density at radius 1 is 0.905 bits per heavy atom. The van der Waals surface area contributed by atoms with E-state index in [4.69, 9.17) is 4.42 Å². The molecule has 1 aromatic carbocycles. The Hall–Kier alpha value is -2.05. The van der Waals surface area contributed by atoms with E-state index in [1.807, 2.05) is 0 Å². The summed E-state index contributed by atoms with van der Waals surface area (Å²) < 4.78 is 71.6. The van der Waals surface area contributed by atoms with E-state index >= 15 is 0 Å². The number of halogens is 5. The van der Waals surface area contributed by atoms with Gasteiger partial charge in [-0.05, 0) is 26.8 Å². The van der Waals surface area contributed by atoms with Gasteiger partial charge in [-0.25, -0.2) is 22.0 Å². The lowest BCUT2D eigenvalue weighted by Gasteiger charge is -2.16. The molecule has 7 heteroatoms. The third-order valence-corrected chi connectivity index (χ3v) is 3.12. The summed E-state index contributed by atoms with van der Waals surface area (Å²) in [6.07, 6.45) is 0. The number of furan rings is 1. The highest BCUT2D eigenvalue weighted by molar-refractivity contribution is 5.49. The van der Waals surface area contributed by atoms with Crippen molar-refractivity contribution in [2.75, 3.05) is 5.32 Å². The van der Waals surface area contributed by atoms with Gasteiger partial charge in [-0.2, -0.15) is 0 Å². The van der Waals surface area contributed by atoms with Crippen LogP contribution in [0.25, 0.3) is 0 Å². The Labute approximate surface area is 117 Å². The number of nitrogens with one attached hydrogen (secondary N) is 1. The number of aryl methyl sites for hydroxylation is 2. The third-order valence-electron chi connectivity index (χ3n) is 3.12. The molecule has 0 radical (unpaired) electrons. The first-order chi connectivity index (χ1) is 9.73. The molecule has 0 saturated carbocycles. The van der Waals surface area contributed by atoms with Gasteiger partial charge < -0.3 is 9.73 Å². The van der Waals surface area contributed by atoms with Gasteiger partial charge in [0.25, 0.3) is 0 Å². The number of hydrogen-bond acceptors (Lipinski definition) is 2. The highest BCUT2D eigenvalue weighted by atomic mass is 19.2. The van der Waals surface area contributed by atoms with Crippen LogP contribution in [0.3, 0.4) is 0 Å². The fourth-order valence-electron chi connectivity index (χ4n) is 2.11. The van der Waals surface area contributed by atoms with Gasteiger partial charge in [0.05, 0.1) is 6.04 Å². The van der Waals surface area contributed by atoms with Crippen molar-refractivity contribution in [1.82, 2.24) is 0 Å². The van der Waals surface area contributed by atoms with Gasteiger partial charge in [-0.15, -0.1) is 0 Å². The number of benzene rings is 1. The van der Waals surface area contributed by atoms with Gasteiger partial charge in [0.1, 0.15) is 17.2 Å². The molecule has 1 aromatic heterocycles. The van der Waals surface area contributed by atoms with E-state index < -0.39 is 40.8 Å². The van der Waals surface area contributed by atoms with E-state index in [2.05, 4.69) is 5.32 Å². The summed E-state index contributed by atoms with van der Waals surface area (Å²) in [6.45, 7) is 4.84. The van der Waals surface area contributed by atoms with Crippen molar-refractivity contribution >= 4 is 5.69 Å². The first-order valence-corrected chi connectivity index (χ1v) is 6.09. The van der Waals surface area contributed by atoms with E-state index in [1.165, 1.54) is 6.92 Å². The van der Waals surface area contributed by atoms with E-state index in [9.17, 15) is 22.0 Å². The van der Waals surface area contributed by atoms with Crippen molar-refractivity contribution in [1.29, 1.82) is 0 Å². The minimum Gasteiger partial charge on any atom is -0.466 e. The summed E-state index contributed by atoms with van der Waals surface area (Å²) in [4.78, 5) is 0. The predicted molar refractivity (Wildman–Crippen MR) is 66.5 cm³/mol. The zero-order valence-electron chi connectivity index (χ0n) is 11.5. The third kappa shape index (κ3) is 2.59. The minimum absolute atomic E-state index is 0.497. The second-order valence-electron chi connectivity index (χ2n) is 4.68. The maximum atomic E-state index is 13.6. The number of hydrogen-bond donors (Lipinski definition) is 1. The average molecular weight is 305 g/mol. The summed E-state index contributed by atoms with van der Waals surface area (Å²) in [5, 5.41) is 2.30. The molecule has 1 heterocycles. The molecule has 114 valence electrons. The van der Waals surface area contributed by atoms with Crippen molar-refractivity contribution in [3.63, 3.8) is 0 Å². The van der Waals surface area contributed by atoms with Crippen molar-refractivity contribution in [2.24, 2.45) is 0 Å². The lowest BCUT2D eigenvalue weighted by molar-refractivity contribution is 0.381. The van der Waals surface area contributed by atoms with Crippen LogP contribution in [0, 0.1) is 42.9 Å². The molecule has 1 unspecified atom stereocenters. The quantitative estimate of drug-likeness (QED) is 0.502. The van der Waals surface area contributed by atoms with Crippen LogP contribution in [0.5, 0.6) is 0 Å². The van der Waals surface area contributed by atoms with Crippen LogP contribution in [-0.2, 0) is 0 Å². The molecular formula is C14H12F5NO. The summed E-state index contributed by atoms with van der Waals surface area (Å²) in [5.41, 5.74) is -0.492. The van der Waals surface area contributed by atoms with Crippen LogP contribution in [0.15, 0.2) is 10.5 Å². The zero-order chi connectivity index (χ0) is 15.9. The molecular weight excluding hydrogens is 293 g/mol. The molecule has 21 heavy (non-hydrogen) atoms. The van der Waals surface area contributed by atoms with E-state index in [-0.39, 0.29) is 0 Å². The first kappa shape index (κ1) is 15.3. The van der Waals surface area contributed by atoms with Gasteiger partial charge in [-0.1, -0.05) is 0 Å². The Balaban J connectivity index is 2.42. The molecule has 1 atom stereocenters. The van der Waals surface area contributed by atoms with Crippen LogP contribution < -0.4 is 5.32 Å². The van der Waals surface area contributed by atoms with Crippen LogP contribution in [-0.4, -0.2) is 0 Å². The van der Waals surface area contributed by atoms with E-state index in [1.54, 1.807) is 19.9 Å². The molecule has 2 aromatic rings. The first-order valence-electron chi connectivity index (χ1n) is 6.09. The molecule has 2 nitrogen and oxygen atoms in total. The Kier molecular flexibility index (Phi) is 3.93. The molecule has 0 aliphatic rings. The standard InChI is InChI=1S/C14H12F5NO/c1-5-4-8(7(3)21-5)6(2)20-14-12(18)10(16)9(15)11(17)13(14)19/h4,6,20H,1-3H3. The lowest BCUT2D eigenvalue weighted by Crippen LogP contribution is -2.13. The molecule has 2 rings (SSSR count). The van der Waals surface area contributed by atoms with E-state index in [0.29, 0.717) is 17.1 Å². The van der Waals surface area contributed by atoms with Crippen molar-refractivity contribution in [3.8, 4) is 0 Å². The topological polar surface area (TPSA) is 25.2 Å². The summed E-state index contributed by atoms with van der Waals surface area (Å²) >= 11 is 0. The van der Waals surface area contributed by atoms with Crippen LogP contribution in [0.2, 0.25) is 0 Å². The van der Waals surface area contributed by atoms with Crippen molar-refractivity contribution in [2.45, 2.75) is 26.8 Å². The second-order valence-corrected chi connectivity index (χ2v) is 4.68. The average Bonchev–Trinajstić information content (AvgIpc) is 2.78. The Bertz CT molecular complexity index is 666. The van der Waals surface area contributed by atoms with Gasteiger partial charge in [0.2, 0.25) is 5.82 Å². The summed E-state index contributed by atoms with van der Waals surface area (Å²) in [6, 6.07) is 0.926. The molecule has 1 N–H and O–H groups in total. The smallest absolute Gasteiger partial charge is 0.200 e. The summed E-state index contributed by atoms with van der Waals surface area (Å²) in [5.74, 6) is -8.86. The molecule has 0 saturated heterocycles. The lowest BCUT2D eigenvalue weighted by atomic mass is 10.1. The van der Waals surface area contributed by atoms with Gasteiger partial charge in [0, 0.05) is 5.56 Å². The SMILES string of the molecule is Cc1cc(C(C)Nc2c(F)c(F)c(F)c(F)c2F)c(C)o1. The largest absolute Gasteiger partial charge is 0.466 e. The van der Waals surface area contributed by atoms with Crippen molar-refractivity contribution in [3.05, 3.63) is 52.2 Å². The second kappa shape index (κ2) is 5.38. The van der Waals surface area contributed by atoms with Crippen LogP contribution in [0.4, 0.5) is 27.6 Å².